The van der Waals surface area contributed by atoms with E-state index in [1.54, 1.807) is 6.26 Å². The highest BCUT2D eigenvalue weighted by molar-refractivity contribution is 5.58. The lowest BCUT2D eigenvalue weighted by molar-refractivity contribution is 0.268. The summed E-state index contributed by atoms with van der Waals surface area (Å²) in [5.41, 5.74) is 1.07. The van der Waals surface area contributed by atoms with Crippen LogP contribution in [0.1, 0.15) is 17.5 Å². The van der Waals surface area contributed by atoms with Gasteiger partial charge in [-0.05, 0) is 38.4 Å². The van der Waals surface area contributed by atoms with Crippen molar-refractivity contribution in [1.82, 2.24) is 9.88 Å². The van der Waals surface area contributed by atoms with Gasteiger partial charge in [-0.25, -0.2) is 0 Å². The van der Waals surface area contributed by atoms with Gasteiger partial charge < -0.3 is 14.2 Å². The highest BCUT2D eigenvalue weighted by atomic mass is 16.4. The Morgan fingerprint density at radius 3 is 2.62 bits per heavy atom. The number of furan rings is 1. The number of nitrogens with one attached hydrogen (secondary N) is 1. The molecular formula is C18H18N4O2. The van der Waals surface area contributed by atoms with Gasteiger partial charge in [-0.2, -0.15) is 10.2 Å². The van der Waals surface area contributed by atoms with Gasteiger partial charge in [0, 0.05) is 12.1 Å². The summed E-state index contributed by atoms with van der Waals surface area (Å²) >= 11 is 0. The molecule has 2 heterocycles. The maximum atomic E-state index is 9.30. The number of anilines is 1. The second kappa shape index (κ2) is 7.02. The molecule has 1 atom stereocenters. The summed E-state index contributed by atoms with van der Waals surface area (Å²) < 4.78 is 11.2. The van der Waals surface area contributed by atoms with Crippen LogP contribution in [-0.4, -0.2) is 30.5 Å². The molecule has 1 unspecified atom stereocenters. The van der Waals surface area contributed by atoms with Crippen molar-refractivity contribution in [3.63, 3.8) is 0 Å². The lowest BCUT2D eigenvalue weighted by Crippen LogP contribution is -2.26. The third-order valence-corrected chi connectivity index (χ3v) is 3.70. The predicted octanol–water partition coefficient (Wildman–Crippen LogP) is 3.52. The average Bonchev–Trinajstić information content (AvgIpc) is 3.25. The SMILES string of the molecule is CN(C)C(CNc1oc(-c2ccccc2)nc1C#N)c1ccco1. The van der Waals surface area contributed by atoms with E-state index in [1.165, 1.54) is 0 Å². The normalized spacial score (nSPS) is 12.1. The Bertz CT molecular complexity index is 817. The largest absolute Gasteiger partial charge is 0.468 e. The summed E-state index contributed by atoms with van der Waals surface area (Å²) in [6, 6.07) is 15.4. The number of nitriles is 1. The van der Waals surface area contributed by atoms with Crippen molar-refractivity contribution < 1.29 is 8.83 Å². The van der Waals surface area contributed by atoms with Gasteiger partial charge in [0.15, 0.2) is 0 Å². The van der Waals surface area contributed by atoms with E-state index in [0.717, 1.165) is 11.3 Å². The number of aromatic nitrogens is 1. The Hall–Kier alpha value is -3.04. The molecule has 1 N–H and O–H groups in total. The second-order valence-electron chi connectivity index (χ2n) is 5.55. The molecule has 3 aromatic rings. The van der Waals surface area contributed by atoms with Gasteiger partial charge in [-0.3, -0.25) is 4.90 Å². The van der Waals surface area contributed by atoms with Gasteiger partial charge in [0.25, 0.3) is 0 Å². The number of benzene rings is 1. The number of rotatable bonds is 6. The van der Waals surface area contributed by atoms with Crippen molar-refractivity contribution in [3.8, 4) is 17.5 Å². The first kappa shape index (κ1) is 15.8. The summed E-state index contributed by atoms with van der Waals surface area (Å²) in [6.07, 6.45) is 1.65. The van der Waals surface area contributed by atoms with Gasteiger partial charge in [-0.15, -0.1) is 0 Å². The van der Waals surface area contributed by atoms with Gasteiger partial charge >= 0.3 is 0 Å². The van der Waals surface area contributed by atoms with Crippen molar-refractivity contribution in [2.45, 2.75) is 6.04 Å². The van der Waals surface area contributed by atoms with E-state index in [4.69, 9.17) is 8.83 Å². The summed E-state index contributed by atoms with van der Waals surface area (Å²) in [4.78, 5) is 6.29. The molecule has 0 saturated carbocycles. The molecule has 0 amide bonds. The van der Waals surface area contributed by atoms with Crippen molar-refractivity contribution in [1.29, 1.82) is 5.26 Å². The first-order valence-electron chi connectivity index (χ1n) is 7.59. The highest BCUT2D eigenvalue weighted by Gasteiger charge is 2.20. The Kier molecular flexibility index (Phi) is 4.64. The van der Waals surface area contributed by atoms with Crippen molar-refractivity contribution in [3.05, 3.63) is 60.2 Å². The number of oxazole rings is 1. The molecule has 24 heavy (non-hydrogen) atoms. The maximum Gasteiger partial charge on any atom is 0.232 e. The quantitative estimate of drug-likeness (QED) is 0.748. The lowest BCUT2D eigenvalue weighted by Gasteiger charge is -2.22. The van der Waals surface area contributed by atoms with Gasteiger partial charge in [0.2, 0.25) is 17.5 Å². The molecule has 0 bridgehead atoms. The van der Waals surface area contributed by atoms with Gasteiger partial charge in [0.05, 0.1) is 12.3 Å². The van der Waals surface area contributed by atoms with E-state index in [-0.39, 0.29) is 11.7 Å². The maximum absolute atomic E-state index is 9.30. The predicted molar refractivity (Wildman–Crippen MR) is 90.3 cm³/mol. The Balaban J connectivity index is 1.80. The molecule has 0 aliphatic carbocycles. The average molecular weight is 322 g/mol. The van der Waals surface area contributed by atoms with Crippen molar-refractivity contribution >= 4 is 5.88 Å². The number of hydrogen-bond donors (Lipinski definition) is 1. The first-order valence-corrected chi connectivity index (χ1v) is 7.59. The van der Waals surface area contributed by atoms with Crippen LogP contribution in [0.2, 0.25) is 0 Å². The minimum atomic E-state index is 0.0109. The Labute approximate surface area is 140 Å². The molecule has 1 aromatic carbocycles. The zero-order valence-electron chi connectivity index (χ0n) is 13.6. The van der Waals surface area contributed by atoms with Crippen LogP contribution in [-0.2, 0) is 0 Å². The molecule has 0 spiro atoms. The molecule has 3 rings (SSSR count). The van der Waals surface area contributed by atoms with Crippen LogP contribution in [0.15, 0.2) is 57.6 Å². The molecule has 2 aromatic heterocycles. The summed E-state index contributed by atoms with van der Waals surface area (Å²) in [5, 5.41) is 12.5. The number of hydrogen-bond acceptors (Lipinski definition) is 6. The minimum Gasteiger partial charge on any atom is -0.468 e. The van der Waals surface area contributed by atoms with Crippen LogP contribution in [0.4, 0.5) is 5.88 Å². The summed E-state index contributed by atoms with van der Waals surface area (Å²) in [6.45, 7) is 0.526. The molecule has 0 radical (unpaired) electrons. The molecule has 6 heteroatoms. The zero-order chi connectivity index (χ0) is 16.9. The van der Waals surface area contributed by atoms with Crippen LogP contribution in [0.3, 0.4) is 0 Å². The Morgan fingerprint density at radius 1 is 1.21 bits per heavy atom. The van der Waals surface area contributed by atoms with Crippen LogP contribution >= 0.6 is 0 Å². The molecule has 0 saturated heterocycles. The van der Waals surface area contributed by atoms with E-state index in [0.29, 0.717) is 18.3 Å². The minimum absolute atomic E-state index is 0.0109. The van der Waals surface area contributed by atoms with E-state index >= 15 is 0 Å². The van der Waals surface area contributed by atoms with E-state index in [2.05, 4.69) is 16.4 Å². The summed E-state index contributed by atoms with van der Waals surface area (Å²) in [7, 11) is 3.94. The molecular weight excluding hydrogens is 304 g/mol. The Morgan fingerprint density at radius 2 is 2.00 bits per heavy atom. The monoisotopic (exact) mass is 322 g/mol. The highest BCUT2D eigenvalue weighted by Crippen LogP contribution is 2.26. The van der Waals surface area contributed by atoms with Crippen LogP contribution in [0.5, 0.6) is 0 Å². The fraction of sp³-hybridized carbons (Fsp3) is 0.222. The van der Waals surface area contributed by atoms with Crippen LogP contribution < -0.4 is 5.32 Å². The number of nitrogens with zero attached hydrogens (tertiary/aromatic N) is 3. The molecule has 0 aliphatic rings. The van der Waals surface area contributed by atoms with Gasteiger partial charge in [-0.1, -0.05) is 18.2 Å². The van der Waals surface area contributed by atoms with E-state index in [1.807, 2.05) is 61.5 Å². The van der Waals surface area contributed by atoms with E-state index < -0.39 is 0 Å². The van der Waals surface area contributed by atoms with Crippen molar-refractivity contribution in [2.24, 2.45) is 0 Å². The topological polar surface area (TPSA) is 78.2 Å². The molecule has 0 fully saturated rings. The molecule has 0 aliphatic heterocycles. The number of likely N-dealkylation sites (N-methyl/N-ethyl adjacent to an activating group) is 1. The smallest absolute Gasteiger partial charge is 0.232 e. The lowest BCUT2D eigenvalue weighted by atomic mass is 10.2. The van der Waals surface area contributed by atoms with E-state index in [9.17, 15) is 5.26 Å². The van der Waals surface area contributed by atoms with Gasteiger partial charge in [0.1, 0.15) is 11.8 Å². The standard InChI is InChI=1S/C18H18N4O2/c1-22(2)15(16-9-6-10-23-16)12-20-18-14(11-19)21-17(24-18)13-7-4-3-5-8-13/h3-10,15,20H,12H2,1-2H3. The van der Waals surface area contributed by atoms with Crippen LogP contribution in [0.25, 0.3) is 11.5 Å². The third-order valence-electron chi connectivity index (χ3n) is 3.70. The van der Waals surface area contributed by atoms with Crippen LogP contribution in [0, 0.1) is 11.3 Å². The fourth-order valence-electron chi connectivity index (χ4n) is 2.43. The first-order chi connectivity index (χ1) is 11.7. The second-order valence-corrected chi connectivity index (χ2v) is 5.55. The zero-order valence-corrected chi connectivity index (χ0v) is 13.6. The fourth-order valence-corrected chi connectivity index (χ4v) is 2.43. The summed E-state index contributed by atoms with van der Waals surface area (Å²) in [5.74, 6) is 1.64. The third kappa shape index (κ3) is 3.31. The molecule has 122 valence electrons. The van der Waals surface area contributed by atoms with Crippen molar-refractivity contribution in [2.75, 3.05) is 26.0 Å². The molecule has 6 nitrogen and oxygen atoms in total.